The molecule has 8 bridgehead atoms. The lowest BCUT2D eigenvalue weighted by atomic mass is 9.94. The van der Waals surface area contributed by atoms with Crippen molar-refractivity contribution in [3.63, 3.8) is 0 Å². The molecule has 0 fully saturated rings. The fourth-order valence-electron chi connectivity index (χ4n) is 7.16. The van der Waals surface area contributed by atoms with Gasteiger partial charge in [0.2, 0.25) is 23.0 Å². The summed E-state index contributed by atoms with van der Waals surface area (Å²) in [4.78, 5) is 44.4. The number of carbonyl (C=O) groups excluding carboxylic acids is 3. The number of hydrogen-bond donors (Lipinski definition) is 5. The van der Waals surface area contributed by atoms with Gasteiger partial charge in [-0.1, -0.05) is 0 Å². The summed E-state index contributed by atoms with van der Waals surface area (Å²) in [6, 6.07) is 0.832. The van der Waals surface area contributed by atoms with Crippen molar-refractivity contribution in [2.75, 3.05) is 10.6 Å². The highest BCUT2D eigenvalue weighted by Crippen LogP contribution is 2.47. The van der Waals surface area contributed by atoms with Crippen molar-refractivity contribution in [3.8, 4) is 34.9 Å². The minimum Gasteiger partial charge on any atom is -0.474 e. The highest BCUT2D eigenvalue weighted by Gasteiger charge is 2.60. The van der Waals surface area contributed by atoms with Crippen molar-refractivity contribution in [3.05, 3.63) is 35.0 Å². The number of ether oxygens (including phenoxy) is 4. The van der Waals surface area contributed by atoms with E-state index in [1.807, 2.05) is 5.32 Å². The van der Waals surface area contributed by atoms with Crippen molar-refractivity contribution in [1.29, 1.82) is 0 Å². The summed E-state index contributed by atoms with van der Waals surface area (Å²) >= 11 is 0. The number of nitrogens with one attached hydrogen (secondary N) is 2. The molecule has 76 heavy (non-hydrogen) atoms. The van der Waals surface area contributed by atoms with Gasteiger partial charge in [-0.05, 0) is 99.6 Å². The maximum absolute atomic E-state index is 13.9. The normalized spacial score (nSPS) is 22.3. The molecule has 32 heteroatoms. The van der Waals surface area contributed by atoms with Crippen molar-refractivity contribution in [1.82, 2.24) is 30.4 Å². The second kappa shape index (κ2) is 21.8. The molecular formula is C44H50F12N8O12. The second-order valence-corrected chi connectivity index (χ2v) is 19.5. The lowest BCUT2D eigenvalue weighted by Crippen LogP contribution is -2.42. The number of fused-ring (bicyclic) bond motifs is 10. The van der Waals surface area contributed by atoms with E-state index in [1.165, 1.54) is 55.4 Å². The van der Waals surface area contributed by atoms with Gasteiger partial charge in [0.05, 0.1) is 17.5 Å². The maximum atomic E-state index is 13.9. The zero-order valence-corrected chi connectivity index (χ0v) is 41.3. The smallest absolute Gasteiger partial charge is 0.426 e. The fraction of sp³-hybridized carbons (Fsp3) is 0.614. The maximum Gasteiger partial charge on any atom is 0.426 e. The number of amides is 2. The van der Waals surface area contributed by atoms with Crippen LogP contribution in [0, 0.1) is 0 Å². The van der Waals surface area contributed by atoms with Crippen LogP contribution < -0.4 is 20.1 Å². The number of anilines is 2. The first-order valence-electron chi connectivity index (χ1n) is 22.6. The summed E-state index contributed by atoms with van der Waals surface area (Å²) in [7, 11) is 0. The minimum absolute atomic E-state index is 0.239. The summed E-state index contributed by atoms with van der Waals surface area (Å²) in [6.07, 6.45) is -30.8. The summed E-state index contributed by atoms with van der Waals surface area (Å²) < 4.78 is 197. The Morgan fingerprint density at radius 1 is 0.645 bits per heavy atom. The molecule has 6 heterocycles. The number of halogens is 12. The van der Waals surface area contributed by atoms with Gasteiger partial charge in [-0.15, -0.1) is 20.4 Å². The van der Waals surface area contributed by atoms with Gasteiger partial charge < -0.3 is 43.1 Å². The quantitative estimate of drug-likeness (QED) is 0.117. The molecule has 6 rings (SSSR count). The number of pyridine rings is 2. The van der Waals surface area contributed by atoms with Crippen LogP contribution in [0.25, 0.3) is 23.2 Å². The van der Waals surface area contributed by atoms with Gasteiger partial charge in [-0.25, -0.2) is 19.6 Å². The molecular weight excluding hydrogens is 1060 g/mol. The first-order chi connectivity index (χ1) is 34.6. The molecule has 0 aliphatic carbocycles. The molecule has 1 unspecified atom stereocenters. The molecule has 4 aromatic heterocycles. The minimum atomic E-state index is -5.32. The SMILES string of the molecule is C[C@@H]1CC(=O)CCC[C@](O)(C(F)(F)F)c2nnc(o2)-c2nc(c(C(F)(F)F)cc2NC(=O)OC(C)(C)C)O1.C[C@@H]1CC(O)CCC[C@](O)(C(F)(F)F)c2nnc(o2)-c2nc(c(C(F)(F)F)cc2NC(=O)OC(C)(C)C)O1. The monoisotopic (exact) mass is 1110 g/mol. The summed E-state index contributed by atoms with van der Waals surface area (Å²) in [6.45, 7) is 11.5. The molecule has 0 saturated heterocycles. The van der Waals surface area contributed by atoms with Crippen LogP contribution in [0.2, 0.25) is 0 Å². The lowest BCUT2D eigenvalue weighted by Gasteiger charge is -2.27. The van der Waals surface area contributed by atoms with E-state index in [-0.39, 0.29) is 19.3 Å². The van der Waals surface area contributed by atoms with Crippen molar-refractivity contribution >= 4 is 29.3 Å². The molecule has 0 saturated carbocycles. The molecule has 2 aliphatic heterocycles. The van der Waals surface area contributed by atoms with Crippen LogP contribution >= 0.6 is 0 Å². The van der Waals surface area contributed by atoms with Crippen LogP contribution in [0.1, 0.15) is 130 Å². The Balaban J connectivity index is 0.000000281. The molecule has 5 N–H and O–H groups in total. The molecule has 2 aliphatic rings. The van der Waals surface area contributed by atoms with Crippen LogP contribution in [-0.4, -0.2) is 106 Å². The average molecular weight is 1110 g/mol. The van der Waals surface area contributed by atoms with Crippen molar-refractivity contribution in [2.45, 2.75) is 172 Å². The number of aliphatic hydroxyl groups excluding tert-OH is 1. The van der Waals surface area contributed by atoms with E-state index in [9.17, 15) is 82.4 Å². The molecule has 422 valence electrons. The number of aromatic nitrogens is 6. The highest BCUT2D eigenvalue weighted by molar-refractivity contribution is 5.90. The van der Waals surface area contributed by atoms with Crippen LogP contribution in [0.3, 0.4) is 0 Å². The van der Waals surface area contributed by atoms with Crippen LogP contribution in [0.5, 0.6) is 11.8 Å². The summed E-state index contributed by atoms with van der Waals surface area (Å²) in [5, 5.41) is 48.7. The number of carbonyl (C=O) groups is 3. The van der Waals surface area contributed by atoms with E-state index < -0.39 is 185 Å². The zero-order valence-electron chi connectivity index (χ0n) is 41.3. The molecule has 5 atom stereocenters. The Kier molecular flexibility index (Phi) is 17.3. The Bertz CT molecular complexity index is 2730. The number of hydrogen-bond acceptors (Lipinski definition) is 18. The standard InChI is InChI=1S/C22H26F6N4O6.C22H24F6N4O6/c2*1-10-8-11(33)6-5-7-20(35,22(26,27)28)17-32-31-16(37-17)14-13(29-18(34)38-19(2,3)4)9-12(21(23,24)25)15(30-14)36-10/h9-11,33,35H,5-8H2,1-4H3,(H,29,34);9-10,35H,5-8H2,1-4H3,(H,29,34)/t10-,11?,20-;10-,20-/m11/s1. The van der Waals surface area contributed by atoms with E-state index in [0.29, 0.717) is 12.1 Å². The zero-order chi connectivity index (χ0) is 57.4. The molecule has 4 aromatic rings. The number of ketones is 1. The number of aliphatic hydroxyl groups is 3. The molecule has 2 amide bonds. The van der Waals surface area contributed by atoms with Gasteiger partial charge in [-0.3, -0.25) is 15.4 Å². The predicted molar refractivity (Wildman–Crippen MR) is 233 cm³/mol. The Labute approximate surface area is 422 Å². The van der Waals surface area contributed by atoms with Crippen molar-refractivity contribution < 1.29 is 110 Å². The predicted octanol–water partition coefficient (Wildman–Crippen LogP) is 10.1. The van der Waals surface area contributed by atoms with Crippen LogP contribution in [-0.2, 0) is 37.8 Å². The van der Waals surface area contributed by atoms with Crippen LogP contribution in [0.15, 0.2) is 21.0 Å². The first-order valence-corrected chi connectivity index (χ1v) is 22.6. The first kappa shape index (κ1) is 60.3. The third-order valence-electron chi connectivity index (χ3n) is 10.6. The number of alkyl halides is 12. The Hall–Kier alpha value is -6.57. The fourth-order valence-corrected chi connectivity index (χ4v) is 7.16. The lowest BCUT2D eigenvalue weighted by molar-refractivity contribution is -0.277. The summed E-state index contributed by atoms with van der Waals surface area (Å²) in [5.41, 5.74) is -15.1. The Morgan fingerprint density at radius 3 is 1.42 bits per heavy atom. The van der Waals surface area contributed by atoms with Gasteiger partial charge in [-0.2, -0.15) is 52.7 Å². The largest absolute Gasteiger partial charge is 0.474 e. The van der Waals surface area contributed by atoms with E-state index >= 15 is 0 Å². The van der Waals surface area contributed by atoms with E-state index in [4.69, 9.17) is 27.8 Å². The molecule has 20 nitrogen and oxygen atoms in total. The second-order valence-electron chi connectivity index (χ2n) is 19.5. The van der Waals surface area contributed by atoms with Gasteiger partial charge >= 0.3 is 36.9 Å². The van der Waals surface area contributed by atoms with Gasteiger partial charge in [0.15, 0.2) is 11.4 Å². The molecule has 0 aromatic carbocycles. The van der Waals surface area contributed by atoms with Gasteiger partial charge in [0, 0.05) is 19.3 Å². The van der Waals surface area contributed by atoms with E-state index in [1.54, 1.807) is 0 Å². The van der Waals surface area contributed by atoms with Gasteiger partial charge in [0.25, 0.3) is 23.6 Å². The highest BCUT2D eigenvalue weighted by atomic mass is 19.4. The number of Topliss-reactive ketones (excluding diaryl/α,β-unsaturated/α-hetero) is 1. The molecule has 0 spiro atoms. The van der Waals surface area contributed by atoms with E-state index in [0.717, 1.165) is 0 Å². The van der Waals surface area contributed by atoms with Crippen molar-refractivity contribution in [2.24, 2.45) is 0 Å². The Morgan fingerprint density at radius 2 is 1.04 bits per heavy atom. The van der Waals surface area contributed by atoms with E-state index in [2.05, 4.69) is 35.7 Å². The number of rotatable bonds is 2. The van der Waals surface area contributed by atoms with Gasteiger partial charge in [0.1, 0.15) is 40.3 Å². The third-order valence-corrected chi connectivity index (χ3v) is 10.6. The topological polar surface area (TPSA) is 276 Å². The van der Waals surface area contributed by atoms with Crippen LogP contribution in [0.4, 0.5) is 73.6 Å². The summed E-state index contributed by atoms with van der Waals surface area (Å²) in [5.74, 6) is -7.00. The molecule has 0 radical (unpaired) electrons. The third kappa shape index (κ3) is 14.9. The number of nitrogens with zero attached hydrogens (tertiary/aromatic N) is 6. The average Bonchev–Trinajstić information content (AvgIpc) is 3.93.